The van der Waals surface area contributed by atoms with Crippen molar-refractivity contribution in [1.82, 2.24) is 13.8 Å². The maximum atomic E-state index is 13.3. The van der Waals surface area contributed by atoms with Crippen LogP contribution in [0, 0.1) is 0 Å². The fourth-order valence-corrected chi connectivity index (χ4v) is 5.22. The van der Waals surface area contributed by atoms with E-state index in [2.05, 4.69) is 0 Å². The summed E-state index contributed by atoms with van der Waals surface area (Å²) in [7, 11) is -2.45. The van der Waals surface area contributed by atoms with E-state index in [1.807, 2.05) is 29.9 Å². The zero-order chi connectivity index (χ0) is 23.7. The highest BCUT2D eigenvalue weighted by Gasteiger charge is 2.38. The average Bonchev–Trinajstić information content (AvgIpc) is 3.50. The van der Waals surface area contributed by atoms with Gasteiger partial charge in [-0.05, 0) is 56.5 Å². The zero-order valence-corrected chi connectivity index (χ0v) is 19.2. The van der Waals surface area contributed by atoms with Crippen molar-refractivity contribution in [3.05, 3.63) is 53.9 Å². The van der Waals surface area contributed by atoms with Crippen molar-refractivity contribution in [2.75, 3.05) is 6.54 Å². The summed E-state index contributed by atoms with van der Waals surface area (Å²) in [4.78, 5) is 14.4. The molecule has 0 N–H and O–H groups in total. The molecule has 0 spiro atoms. The lowest BCUT2D eigenvalue weighted by molar-refractivity contribution is -0.137. The second kappa shape index (κ2) is 9.27. The monoisotopic (exact) mass is 471 g/mol. The Morgan fingerprint density at radius 2 is 1.91 bits per heavy atom. The van der Waals surface area contributed by atoms with Gasteiger partial charge in [0.15, 0.2) is 0 Å². The molecule has 3 rings (SSSR count). The van der Waals surface area contributed by atoms with Crippen LogP contribution in [-0.4, -0.2) is 46.7 Å². The standard InChI is InChI=1S/C22H28F3N3O3S/c1-4-16(2)28(32(30,31)20-9-5-7-17(13-20)22(23,24)25)15-21(29)27(18-10-11-18)14-19-8-6-12-26(19)3/h5-9,12-13,16,18H,4,10-11,14-15H2,1-3H3. The predicted octanol–water partition coefficient (Wildman–Crippen LogP) is 4.02. The molecule has 0 radical (unpaired) electrons. The molecule has 1 unspecified atom stereocenters. The molecule has 1 aromatic heterocycles. The lowest BCUT2D eigenvalue weighted by Crippen LogP contribution is -2.47. The van der Waals surface area contributed by atoms with E-state index in [0.717, 1.165) is 41.0 Å². The Morgan fingerprint density at radius 3 is 2.44 bits per heavy atom. The number of nitrogens with zero attached hydrogens (tertiary/aromatic N) is 3. The summed E-state index contributed by atoms with van der Waals surface area (Å²) in [6, 6.07) is 6.90. The van der Waals surface area contributed by atoms with Gasteiger partial charge in [0.05, 0.1) is 23.5 Å². The molecule has 0 aliphatic heterocycles. The van der Waals surface area contributed by atoms with Crippen LogP contribution in [0.5, 0.6) is 0 Å². The van der Waals surface area contributed by atoms with E-state index in [1.165, 1.54) is 0 Å². The number of hydrogen-bond acceptors (Lipinski definition) is 3. The third-order valence-electron chi connectivity index (χ3n) is 5.83. The highest BCUT2D eigenvalue weighted by molar-refractivity contribution is 7.89. The number of hydrogen-bond donors (Lipinski definition) is 0. The van der Waals surface area contributed by atoms with Crippen LogP contribution < -0.4 is 0 Å². The van der Waals surface area contributed by atoms with Gasteiger partial charge in [-0.15, -0.1) is 0 Å². The maximum absolute atomic E-state index is 13.3. The molecule has 2 aromatic rings. The fourth-order valence-electron chi connectivity index (χ4n) is 3.52. The summed E-state index contributed by atoms with van der Waals surface area (Å²) in [6.45, 7) is 3.35. The van der Waals surface area contributed by atoms with Crippen molar-refractivity contribution in [2.45, 2.75) is 62.8 Å². The number of aryl methyl sites for hydroxylation is 1. The third kappa shape index (κ3) is 5.35. The highest BCUT2D eigenvalue weighted by Crippen LogP contribution is 2.32. The lowest BCUT2D eigenvalue weighted by Gasteiger charge is -2.30. The Hall–Kier alpha value is -2.33. The number of amides is 1. The summed E-state index contributed by atoms with van der Waals surface area (Å²) in [6.07, 6.45) is -0.693. The minimum Gasteiger partial charge on any atom is -0.353 e. The van der Waals surface area contributed by atoms with Gasteiger partial charge >= 0.3 is 6.18 Å². The summed E-state index contributed by atoms with van der Waals surface area (Å²) in [5, 5.41) is 0. The molecule has 1 aromatic carbocycles. The van der Waals surface area contributed by atoms with E-state index in [4.69, 9.17) is 0 Å². The Balaban J connectivity index is 1.89. The Morgan fingerprint density at radius 1 is 1.22 bits per heavy atom. The van der Waals surface area contributed by atoms with Gasteiger partial charge in [0, 0.05) is 31.0 Å². The van der Waals surface area contributed by atoms with Crippen LogP contribution in [-0.2, 0) is 34.6 Å². The SMILES string of the molecule is CCC(C)N(CC(=O)N(Cc1cccn1C)C1CC1)S(=O)(=O)c1cccc(C(F)(F)F)c1. The Bertz CT molecular complexity index is 1060. The number of carbonyl (C=O) groups excluding carboxylic acids is 1. The first-order valence-corrected chi connectivity index (χ1v) is 12.0. The first-order chi connectivity index (χ1) is 14.9. The first-order valence-electron chi connectivity index (χ1n) is 10.5. The minimum absolute atomic E-state index is 0.0486. The van der Waals surface area contributed by atoms with Crippen LogP contribution >= 0.6 is 0 Å². The summed E-state index contributed by atoms with van der Waals surface area (Å²) < 4.78 is 68.9. The average molecular weight is 472 g/mol. The topological polar surface area (TPSA) is 62.6 Å². The first kappa shape index (κ1) is 24.3. The quantitative estimate of drug-likeness (QED) is 0.555. The van der Waals surface area contributed by atoms with Gasteiger partial charge in [0.1, 0.15) is 0 Å². The van der Waals surface area contributed by atoms with Gasteiger partial charge < -0.3 is 9.47 Å². The molecular weight excluding hydrogens is 443 g/mol. The number of aromatic nitrogens is 1. The van der Waals surface area contributed by atoms with Crippen LogP contribution in [0.1, 0.15) is 44.4 Å². The molecule has 176 valence electrons. The smallest absolute Gasteiger partial charge is 0.353 e. The molecule has 1 fully saturated rings. The predicted molar refractivity (Wildman–Crippen MR) is 114 cm³/mol. The van der Waals surface area contributed by atoms with E-state index >= 15 is 0 Å². The molecule has 1 saturated carbocycles. The van der Waals surface area contributed by atoms with E-state index in [-0.39, 0.29) is 11.9 Å². The number of sulfonamides is 1. The normalized spacial score (nSPS) is 15.7. The molecule has 6 nitrogen and oxygen atoms in total. The second-order valence-corrected chi connectivity index (χ2v) is 10.1. The zero-order valence-electron chi connectivity index (χ0n) is 18.3. The van der Waals surface area contributed by atoms with Crippen molar-refractivity contribution in [2.24, 2.45) is 7.05 Å². The molecular formula is C22H28F3N3O3S. The van der Waals surface area contributed by atoms with Crippen LogP contribution in [0.25, 0.3) is 0 Å². The van der Waals surface area contributed by atoms with Crippen LogP contribution in [0.2, 0.25) is 0 Å². The van der Waals surface area contributed by atoms with E-state index in [9.17, 15) is 26.4 Å². The molecule has 1 heterocycles. The summed E-state index contributed by atoms with van der Waals surface area (Å²) in [5.74, 6) is -0.357. The maximum Gasteiger partial charge on any atom is 0.416 e. The molecule has 1 aliphatic carbocycles. The van der Waals surface area contributed by atoms with Crippen LogP contribution in [0.15, 0.2) is 47.5 Å². The van der Waals surface area contributed by atoms with Crippen molar-refractivity contribution in [3.63, 3.8) is 0 Å². The second-order valence-electron chi connectivity index (χ2n) is 8.20. The van der Waals surface area contributed by atoms with Gasteiger partial charge in [-0.3, -0.25) is 4.79 Å². The van der Waals surface area contributed by atoms with Gasteiger partial charge in [0.2, 0.25) is 15.9 Å². The number of alkyl halides is 3. The van der Waals surface area contributed by atoms with Gasteiger partial charge in [-0.25, -0.2) is 8.42 Å². The lowest BCUT2D eigenvalue weighted by atomic mass is 10.2. The van der Waals surface area contributed by atoms with Gasteiger partial charge in [-0.1, -0.05) is 13.0 Å². The molecule has 1 amide bonds. The minimum atomic E-state index is -4.67. The third-order valence-corrected chi connectivity index (χ3v) is 7.79. The Labute approximate surface area is 186 Å². The molecule has 1 atom stereocenters. The summed E-state index contributed by atoms with van der Waals surface area (Å²) in [5.41, 5.74) is -0.126. The van der Waals surface area contributed by atoms with Crippen molar-refractivity contribution < 1.29 is 26.4 Å². The molecule has 0 saturated heterocycles. The van der Waals surface area contributed by atoms with Crippen molar-refractivity contribution in [3.8, 4) is 0 Å². The number of benzene rings is 1. The van der Waals surface area contributed by atoms with E-state index in [0.29, 0.717) is 19.0 Å². The number of carbonyl (C=O) groups is 1. The fraction of sp³-hybridized carbons (Fsp3) is 0.500. The highest BCUT2D eigenvalue weighted by atomic mass is 32.2. The van der Waals surface area contributed by atoms with Crippen molar-refractivity contribution in [1.29, 1.82) is 0 Å². The number of rotatable bonds is 9. The van der Waals surface area contributed by atoms with Crippen LogP contribution in [0.4, 0.5) is 13.2 Å². The van der Waals surface area contributed by atoms with Crippen molar-refractivity contribution >= 4 is 15.9 Å². The molecule has 0 bridgehead atoms. The molecule has 32 heavy (non-hydrogen) atoms. The number of halogens is 3. The summed E-state index contributed by atoms with van der Waals surface area (Å²) >= 11 is 0. The van der Waals surface area contributed by atoms with E-state index in [1.54, 1.807) is 18.7 Å². The van der Waals surface area contributed by atoms with Gasteiger partial charge in [-0.2, -0.15) is 17.5 Å². The van der Waals surface area contributed by atoms with Gasteiger partial charge in [0.25, 0.3) is 0 Å². The Kier molecular flexibility index (Phi) is 7.04. The van der Waals surface area contributed by atoms with Crippen LogP contribution in [0.3, 0.4) is 0 Å². The van der Waals surface area contributed by atoms with E-state index < -0.39 is 39.2 Å². The largest absolute Gasteiger partial charge is 0.416 e. The molecule has 1 aliphatic rings. The molecule has 10 heteroatoms.